The molecule has 1 amide bonds. The largest absolute Gasteiger partial charge is 0.343 e. The molecule has 2 fully saturated rings. The van der Waals surface area contributed by atoms with Crippen LogP contribution in [0.1, 0.15) is 33.1 Å². The summed E-state index contributed by atoms with van der Waals surface area (Å²) < 4.78 is 25.8. The molecule has 6 heteroatoms. The van der Waals surface area contributed by atoms with Crippen LogP contribution in [0, 0.1) is 11.8 Å². The van der Waals surface area contributed by atoms with Gasteiger partial charge in [0.15, 0.2) is 0 Å². The van der Waals surface area contributed by atoms with Gasteiger partial charge in [-0.25, -0.2) is 12.7 Å². The zero-order valence-electron chi connectivity index (χ0n) is 12.0. The fourth-order valence-electron chi connectivity index (χ4n) is 3.13. The first-order valence-electron chi connectivity index (χ1n) is 7.05. The number of hydrogen-bond donors (Lipinski definition) is 0. The van der Waals surface area contributed by atoms with Crippen LogP contribution >= 0.6 is 0 Å². The van der Waals surface area contributed by atoms with E-state index >= 15 is 0 Å². The van der Waals surface area contributed by atoms with Gasteiger partial charge < -0.3 is 4.90 Å². The van der Waals surface area contributed by atoms with Crippen molar-refractivity contribution in [2.24, 2.45) is 11.8 Å². The normalized spacial score (nSPS) is 31.3. The van der Waals surface area contributed by atoms with Gasteiger partial charge in [0, 0.05) is 33.1 Å². The van der Waals surface area contributed by atoms with Crippen LogP contribution in [-0.4, -0.2) is 55.5 Å². The van der Waals surface area contributed by atoms with E-state index in [9.17, 15) is 13.2 Å². The van der Waals surface area contributed by atoms with Crippen molar-refractivity contribution in [3.8, 4) is 0 Å². The van der Waals surface area contributed by atoms with Crippen LogP contribution in [0.4, 0.5) is 0 Å². The molecular formula is C13H24N2O3S. The van der Waals surface area contributed by atoms with E-state index in [2.05, 4.69) is 0 Å². The van der Waals surface area contributed by atoms with Gasteiger partial charge in [0.1, 0.15) is 0 Å². The van der Waals surface area contributed by atoms with Gasteiger partial charge in [-0.15, -0.1) is 0 Å². The molecule has 0 spiro atoms. The van der Waals surface area contributed by atoms with E-state index in [1.54, 1.807) is 7.05 Å². The molecule has 2 rings (SSSR count). The van der Waals surface area contributed by atoms with Gasteiger partial charge in [0.25, 0.3) is 0 Å². The molecule has 19 heavy (non-hydrogen) atoms. The molecule has 0 aliphatic carbocycles. The molecule has 0 unspecified atom stereocenters. The highest BCUT2D eigenvalue weighted by Gasteiger charge is 2.45. The molecule has 2 aliphatic heterocycles. The number of likely N-dealkylation sites (tertiary alicyclic amines) is 1. The molecule has 5 nitrogen and oxygen atoms in total. The number of fused-ring (bicyclic) bond motifs is 1. The summed E-state index contributed by atoms with van der Waals surface area (Å²) in [5.74, 6) is 0.706. The summed E-state index contributed by atoms with van der Waals surface area (Å²) >= 11 is 0. The molecule has 0 aromatic rings. The summed E-state index contributed by atoms with van der Waals surface area (Å²) in [5.41, 5.74) is 0. The first-order chi connectivity index (χ1) is 8.82. The standard InChI is InChI=1S/C13H24N2O3S/c1-10(2)8-13(16)15-6-4-11-9-14(3)19(17,18)12(11)5-7-15/h10-12H,4-9H2,1-3H3/t11-,12-/m1/s1. The van der Waals surface area contributed by atoms with Crippen molar-refractivity contribution in [1.29, 1.82) is 0 Å². The minimum Gasteiger partial charge on any atom is -0.343 e. The van der Waals surface area contributed by atoms with Gasteiger partial charge >= 0.3 is 0 Å². The smallest absolute Gasteiger partial charge is 0.222 e. The van der Waals surface area contributed by atoms with Gasteiger partial charge in [-0.05, 0) is 24.7 Å². The Kier molecular flexibility index (Phi) is 4.20. The monoisotopic (exact) mass is 288 g/mol. The van der Waals surface area contributed by atoms with Crippen molar-refractivity contribution in [3.63, 3.8) is 0 Å². The Balaban J connectivity index is 2.03. The lowest BCUT2D eigenvalue weighted by atomic mass is 10.0. The van der Waals surface area contributed by atoms with E-state index in [-0.39, 0.29) is 17.1 Å². The molecule has 0 aromatic carbocycles. The highest BCUT2D eigenvalue weighted by Crippen LogP contribution is 2.33. The molecule has 2 heterocycles. The molecule has 2 atom stereocenters. The second-order valence-electron chi connectivity index (χ2n) is 6.18. The number of hydrogen-bond acceptors (Lipinski definition) is 3. The molecular weight excluding hydrogens is 264 g/mol. The van der Waals surface area contributed by atoms with Crippen LogP contribution in [0.3, 0.4) is 0 Å². The lowest BCUT2D eigenvalue weighted by molar-refractivity contribution is -0.131. The van der Waals surface area contributed by atoms with Crippen LogP contribution in [0.25, 0.3) is 0 Å². The Labute approximate surface area is 116 Å². The van der Waals surface area contributed by atoms with Crippen molar-refractivity contribution < 1.29 is 13.2 Å². The van der Waals surface area contributed by atoms with E-state index in [1.807, 2.05) is 18.7 Å². The van der Waals surface area contributed by atoms with Crippen molar-refractivity contribution >= 4 is 15.9 Å². The van der Waals surface area contributed by atoms with Crippen molar-refractivity contribution in [2.75, 3.05) is 26.7 Å². The van der Waals surface area contributed by atoms with Crippen LogP contribution in [0.2, 0.25) is 0 Å². The van der Waals surface area contributed by atoms with E-state index < -0.39 is 10.0 Å². The number of carbonyl (C=O) groups is 1. The summed E-state index contributed by atoms with van der Waals surface area (Å²) in [7, 11) is -1.47. The Morgan fingerprint density at radius 1 is 1.26 bits per heavy atom. The first kappa shape index (κ1) is 14.8. The quantitative estimate of drug-likeness (QED) is 0.759. The average molecular weight is 288 g/mol. The van der Waals surface area contributed by atoms with Crippen LogP contribution < -0.4 is 0 Å². The molecule has 2 saturated heterocycles. The Morgan fingerprint density at radius 3 is 2.53 bits per heavy atom. The van der Waals surface area contributed by atoms with E-state index in [0.717, 1.165) is 6.42 Å². The summed E-state index contributed by atoms with van der Waals surface area (Å²) in [6, 6.07) is 0. The van der Waals surface area contributed by atoms with Gasteiger partial charge in [-0.2, -0.15) is 0 Å². The summed E-state index contributed by atoms with van der Waals surface area (Å²) in [4.78, 5) is 13.9. The zero-order valence-corrected chi connectivity index (χ0v) is 12.8. The average Bonchev–Trinajstić information content (AvgIpc) is 2.48. The highest BCUT2D eigenvalue weighted by atomic mass is 32.2. The van der Waals surface area contributed by atoms with E-state index in [1.165, 1.54) is 4.31 Å². The van der Waals surface area contributed by atoms with Crippen LogP contribution in [0.15, 0.2) is 0 Å². The first-order valence-corrected chi connectivity index (χ1v) is 8.55. The Bertz CT molecular complexity index is 447. The SMILES string of the molecule is CC(C)CC(=O)N1CC[C@@H]2CN(C)S(=O)(=O)[C@@H]2CC1. The molecule has 0 radical (unpaired) electrons. The minimum absolute atomic E-state index is 0.167. The van der Waals surface area contributed by atoms with Gasteiger partial charge in [-0.1, -0.05) is 13.8 Å². The van der Waals surface area contributed by atoms with Gasteiger partial charge in [-0.3, -0.25) is 4.79 Å². The number of carbonyl (C=O) groups excluding carboxylic acids is 1. The van der Waals surface area contributed by atoms with E-state index in [4.69, 9.17) is 0 Å². The molecule has 0 bridgehead atoms. The number of nitrogens with zero attached hydrogens (tertiary/aromatic N) is 2. The predicted molar refractivity (Wildman–Crippen MR) is 74.1 cm³/mol. The lowest BCUT2D eigenvalue weighted by Crippen LogP contribution is -2.34. The third-order valence-corrected chi connectivity index (χ3v) is 6.63. The van der Waals surface area contributed by atoms with Crippen molar-refractivity contribution in [2.45, 2.75) is 38.4 Å². The highest BCUT2D eigenvalue weighted by molar-refractivity contribution is 7.90. The molecule has 0 N–H and O–H groups in total. The number of rotatable bonds is 2. The third-order valence-electron chi connectivity index (χ3n) is 4.22. The maximum absolute atomic E-state index is 12.2. The number of amides is 1. The number of sulfonamides is 1. The van der Waals surface area contributed by atoms with Crippen LogP contribution in [0.5, 0.6) is 0 Å². The summed E-state index contributed by atoms with van der Waals surface area (Å²) in [5, 5.41) is -0.283. The second kappa shape index (κ2) is 5.40. The zero-order chi connectivity index (χ0) is 14.2. The summed E-state index contributed by atoms with van der Waals surface area (Å²) in [6.07, 6.45) is 1.95. The maximum Gasteiger partial charge on any atom is 0.222 e. The van der Waals surface area contributed by atoms with E-state index in [0.29, 0.717) is 38.4 Å². The Hall–Kier alpha value is -0.620. The Morgan fingerprint density at radius 2 is 1.89 bits per heavy atom. The molecule has 0 aromatic heterocycles. The second-order valence-corrected chi connectivity index (χ2v) is 8.44. The maximum atomic E-state index is 12.2. The fourth-order valence-corrected chi connectivity index (χ4v) is 5.11. The van der Waals surface area contributed by atoms with Gasteiger partial charge in [0.2, 0.25) is 15.9 Å². The van der Waals surface area contributed by atoms with Gasteiger partial charge in [0.05, 0.1) is 5.25 Å². The molecule has 2 aliphatic rings. The predicted octanol–water partition coefficient (Wildman–Crippen LogP) is 0.915. The van der Waals surface area contributed by atoms with Crippen molar-refractivity contribution in [3.05, 3.63) is 0 Å². The fraction of sp³-hybridized carbons (Fsp3) is 0.923. The molecule has 110 valence electrons. The van der Waals surface area contributed by atoms with Crippen molar-refractivity contribution in [1.82, 2.24) is 9.21 Å². The molecule has 0 saturated carbocycles. The topological polar surface area (TPSA) is 57.7 Å². The minimum atomic E-state index is -3.13. The van der Waals surface area contributed by atoms with Crippen LogP contribution in [-0.2, 0) is 14.8 Å². The summed E-state index contributed by atoms with van der Waals surface area (Å²) in [6.45, 7) is 5.96. The third kappa shape index (κ3) is 2.94. The lowest BCUT2D eigenvalue weighted by Gasteiger charge is -2.22.